The van der Waals surface area contributed by atoms with Crippen molar-refractivity contribution in [1.29, 1.82) is 0 Å². The minimum Gasteiger partial charge on any atom is -0.372 e. The average Bonchev–Trinajstić information content (AvgIpc) is 2.99. The van der Waals surface area contributed by atoms with Gasteiger partial charge >= 0.3 is 0 Å². The number of amides is 2. The first-order valence-corrected chi connectivity index (χ1v) is 10.8. The Morgan fingerprint density at radius 3 is 2.45 bits per heavy atom. The normalized spacial score (nSPS) is 18.8. The quantitative estimate of drug-likeness (QED) is 0.583. The van der Waals surface area contributed by atoms with E-state index in [4.69, 9.17) is 11.6 Å². The fourth-order valence-electron chi connectivity index (χ4n) is 3.56. The van der Waals surface area contributed by atoms with E-state index in [0.717, 1.165) is 35.3 Å². The molecular formula is C22H20ClFN2O2S. The van der Waals surface area contributed by atoms with Crippen LogP contribution in [-0.2, 0) is 11.3 Å². The molecule has 0 aromatic heterocycles. The van der Waals surface area contributed by atoms with Crippen molar-refractivity contribution >= 4 is 46.3 Å². The first kappa shape index (κ1) is 20.0. The Morgan fingerprint density at radius 2 is 1.76 bits per heavy atom. The van der Waals surface area contributed by atoms with Gasteiger partial charge in [-0.3, -0.25) is 14.5 Å². The summed E-state index contributed by atoms with van der Waals surface area (Å²) in [6.07, 6.45) is 5.40. The minimum atomic E-state index is -0.533. The molecule has 2 aromatic carbocycles. The van der Waals surface area contributed by atoms with Crippen LogP contribution >= 0.6 is 23.4 Å². The Hall–Kier alpha value is -2.31. The van der Waals surface area contributed by atoms with Crippen LogP contribution < -0.4 is 4.90 Å². The van der Waals surface area contributed by atoms with E-state index in [2.05, 4.69) is 4.90 Å². The van der Waals surface area contributed by atoms with Crippen molar-refractivity contribution in [2.24, 2.45) is 0 Å². The van der Waals surface area contributed by atoms with Crippen molar-refractivity contribution < 1.29 is 14.0 Å². The van der Waals surface area contributed by atoms with Gasteiger partial charge in [0.05, 0.1) is 11.4 Å². The summed E-state index contributed by atoms with van der Waals surface area (Å²) in [6, 6.07) is 12.3. The highest BCUT2D eigenvalue weighted by atomic mass is 35.5. The SMILES string of the molecule is O=C1S/C(=C\c2ccc(N3CCCCC3)cc2)C(=O)N1Cc1c(F)cccc1Cl. The fraction of sp³-hybridized carbons (Fsp3) is 0.273. The molecule has 150 valence electrons. The molecule has 7 heteroatoms. The predicted molar refractivity (Wildman–Crippen MR) is 115 cm³/mol. The summed E-state index contributed by atoms with van der Waals surface area (Å²) in [5.74, 6) is -0.965. The van der Waals surface area contributed by atoms with E-state index in [-0.39, 0.29) is 17.1 Å². The molecule has 2 aromatic rings. The summed E-state index contributed by atoms with van der Waals surface area (Å²) >= 11 is 6.90. The molecule has 2 aliphatic heterocycles. The van der Waals surface area contributed by atoms with Crippen molar-refractivity contribution in [2.45, 2.75) is 25.8 Å². The number of thioether (sulfide) groups is 1. The van der Waals surface area contributed by atoms with Crippen molar-refractivity contribution in [3.63, 3.8) is 0 Å². The maximum absolute atomic E-state index is 14.0. The lowest BCUT2D eigenvalue weighted by molar-refractivity contribution is -0.123. The third-order valence-electron chi connectivity index (χ3n) is 5.16. The topological polar surface area (TPSA) is 40.6 Å². The van der Waals surface area contributed by atoms with E-state index >= 15 is 0 Å². The van der Waals surface area contributed by atoms with Gasteiger partial charge < -0.3 is 4.90 Å². The molecule has 2 fully saturated rings. The Kier molecular flexibility index (Phi) is 5.92. The molecular weight excluding hydrogens is 411 g/mol. The lowest BCUT2D eigenvalue weighted by Crippen LogP contribution is -2.29. The largest absolute Gasteiger partial charge is 0.372 e. The molecule has 0 aliphatic carbocycles. The van der Waals surface area contributed by atoms with Gasteiger partial charge in [0, 0.05) is 29.4 Å². The van der Waals surface area contributed by atoms with Crippen LogP contribution in [0.15, 0.2) is 47.4 Å². The highest BCUT2D eigenvalue weighted by Crippen LogP contribution is 2.35. The lowest BCUT2D eigenvalue weighted by atomic mass is 10.1. The minimum absolute atomic E-state index is 0.142. The maximum atomic E-state index is 14.0. The molecule has 0 bridgehead atoms. The van der Waals surface area contributed by atoms with Gasteiger partial charge in [0.15, 0.2) is 0 Å². The van der Waals surface area contributed by atoms with Crippen LogP contribution in [0.1, 0.15) is 30.4 Å². The van der Waals surface area contributed by atoms with Crippen LogP contribution in [-0.4, -0.2) is 29.1 Å². The van der Waals surface area contributed by atoms with Gasteiger partial charge in [0.1, 0.15) is 5.82 Å². The number of anilines is 1. The van der Waals surface area contributed by atoms with Gasteiger partial charge in [-0.05, 0) is 66.9 Å². The van der Waals surface area contributed by atoms with E-state index in [1.807, 2.05) is 24.3 Å². The number of imide groups is 1. The van der Waals surface area contributed by atoms with Crippen molar-refractivity contribution in [2.75, 3.05) is 18.0 Å². The summed E-state index contributed by atoms with van der Waals surface area (Å²) in [4.78, 5) is 28.7. The van der Waals surface area contributed by atoms with Gasteiger partial charge in [-0.1, -0.05) is 29.8 Å². The summed E-state index contributed by atoms with van der Waals surface area (Å²) in [7, 11) is 0. The predicted octanol–water partition coefficient (Wildman–Crippen LogP) is 5.71. The molecule has 29 heavy (non-hydrogen) atoms. The molecule has 0 spiro atoms. The van der Waals surface area contributed by atoms with Crippen LogP contribution in [0.2, 0.25) is 5.02 Å². The number of nitrogens with zero attached hydrogens (tertiary/aromatic N) is 2. The molecule has 2 aliphatic rings. The summed E-state index contributed by atoms with van der Waals surface area (Å²) in [5, 5.41) is -0.230. The Morgan fingerprint density at radius 1 is 1.03 bits per heavy atom. The second-order valence-electron chi connectivity index (χ2n) is 7.11. The highest BCUT2D eigenvalue weighted by molar-refractivity contribution is 8.18. The Bertz CT molecular complexity index is 951. The third kappa shape index (κ3) is 4.33. The molecule has 0 N–H and O–H groups in total. The number of carbonyl (C=O) groups is 2. The maximum Gasteiger partial charge on any atom is 0.293 e. The van der Waals surface area contributed by atoms with E-state index in [9.17, 15) is 14.0 Å². The number of hydrogen-bond donors (Lipinski definition) is 0. The molecule has 2 saturated heterocycles. The Labute approximate surface area is 178 Å². The van der Waals surface area contributed by atoms with Gasteiger partial charge in [-0.15, -0.1) is 0 Å². The number of piperidine rings is 1. The van der Waals surface area contributed by atoms with Crippen LogP contribution in [0.25, 0.3) is 6.08 Å². The van der Waals surface area contributed by atoms with Gasteiger partial charge in [0.25, 0.3) is 11.1 Å². The van der Waals surface area contributed by atoms with E-state index < -0.39 is 17.0 Å². The van der Waals surface area contributed by atoms with Crippen LogP contribution in [0.3, 0.4) is 0 Å². The van der Waals surface area contributed by atoms with Gasteiger partial charge in [-0.2, -0.15) is 0 Å². The summed E-state index contributed by atoms with van der Waals surface area (Å²) in [5.41, 5.74) is 2.16. The molecule has 2 amide bonds. The molecule has 2 heterocycles. The zero-order valence-corrected chi connectivity index (χ0v) is 17.3. The highest BCUT2D eigenvalue weighted by Gasteiger charge is 2.35. The van der Waals surface area contributed by atoms with Crippen LogP contribution in [0.4, 0.5) is 14.9 Å². The molecule has 0 unspecified atom stereocenters. The monoisotopic (exact) mass is 430 g/mol. The van der Waals surface area contributed by atoms with Gasteiger partial charge in [0.2, 0.25) is 0 Å². The van der Waals surface area contributed by atoms with E-state index in [0.29, 0.717) is 4.91 Å². The first-order chi connectivity index (χ1) is 14.0. The molecule has 4 nitrogen and oxygen atoms in total. The van der Waals surface area contributed by atoms with E-state index in [1.54, 1.807) is 12.1 Å². The lowest BCUT2D eigenvalue weighted by Gasteiger charge is -2.28. The smallest absolute Gasteiger partial charge is 0.293 e. The number of carbonyl (C=O) groups excluding carboxylic acids is 2. The van der Waals surface area contributed by atoms with Crippen molar-refractivity contribution in [1.82, 2.24) is 4.90 Å². The second kappa shape index (κ2) is 8.59. The van der Waals surface area contributed by atoms with Crippen LogP contribution in [0.5, 0.6) is 0 Å². The standard InChI is InChI=1S/C22H20ClFN2O2S/c23-18-5-4-6-19(24)17(18)14-26-21(27)20(29-22(26)28)13-15-7-9-16(10-8-15)25-11-2-1-3-12-25/h4-10,13H,1-3,11-12,14H2/b20-13-. The van der Waals surface area contributed by atoms with E-state index in [1.165, 1.54) is 37.1 Å². The summed E-state index contributed by atoms with van der Waals surface area (Å²) < 4.78 is 14.0. The number of halogens is 2. The fourth-order valence-corrected chi connectivity index (χ4v) is 4.62. The number of hydrogen-bond acceptors (Lipinski definition) is 4. The molecule has 0 radical (unpaired) electrons. The zero-order chi connectivity index (χ0) is 20.4. The molecule has 4 rings (SSSR count). The zero-order valence-electron chi connectivity index (χ0n) is 15.7. The van der Waals surface area contributed by atoms with Crippen LogP contribution in [0, 0.1) is 5.82 Å². The first-order valence-electron chi connectivity index (χ1n) is 9.56. The van der Waals surface area contributed by atoms with Crippen molar-refractivity contribution in [3.8, 4) is 0 Å². The number of benzene rings is 2. The molecule has 0 atom stereocenters. The van der Waals surface area contributed by atoms with Crippen molar-refractivity contribution in [3.05, 3.63) is 69.3 Å². The third-order valence-corrected chi connectivity index (χ3v) is 6.43. The second-order valence-corrected chi connectivity index (χ2v) is 8.51. The Balaban J connectivity index is 1.50. The summed E-state index contributed by atoms with van der Waals surface area (Å²) in [6.45, 7) is 1.95. The molecule has 0 saturated carbocycles. The van der Waals surface area contributed by atoms with Gasteiger partial charge in [-0.25, -0.2) is 4.39 Å². The number of rotatable bonds is 4. The average molecular weight is 431 g/mol.